The van der Waals surface area contributed by atoms with Gasteiger partial charge >= 0.3 is 0 Å². The molecule has 1 amide bonds. The first-order valence-electron chi connectivity index (χ1n) is 7.34. The Labute approximate surface area is 153 Å². The van der Waals surface area contributed by atoms with Crippen molar-refractivity contribution in [1.82, 2.24) is 10.6 Å². The molecular formula is C16H23IN4O2. The van der Waals surface area contributed by atoms with Crippen molar-refractivity contribution in [3.63, 3.8) is 0 Å². The predicted molar refractivity (Wildman–Crippen MR) is 104 cm³/mol. The zero-order valence-corrected chi connectivity index (χ0v) is 15.6. The van der Waals surface area contributed by atoms with Crippen LogP contribution in [0.4, 0.5) is 5.69 Å². The van der Waals surface area contributed by atoms with Crippen LogP contribution in [0.2, 0.25) is 0 Å². The number of carbonyl (C=O) groups is 1. The maximum absolute atomic E-state index is 11.3. The number of amides is 1. The molecule has 126 valence electrons. The Morgan fingerprint density at radius 3 is 3.00 bits per heavy atom. The van der Waals surface area contributed by atoms with Gasteiger partial charge in [-0.2, -0.15) is 0 Å². The van der Waals surface area contributed by atoms with Crippen LogP contribution < -0.4 is 20.7 Å². The monoisotopic (exact) mass is 430 g/mol. The summed E-state index contributed by atoms with van der Waals surface area (Å²) in [6.45, 7) is 5.48. The van der Waals surface area contributed by atoms with Gasteiger partial charge in [0, 0.05) is 25.7 Å². The molecule has 0 saturated carbocycles. The van der Waals surface area contributed by atoms with Crippen LogP contribution in [0.5, 0.6) is 5.75 Å². The highest BCUT2D eigenvalue weighted by Crippen LogP contribution is 2.26. The summed E-state index contributed by atoms with van der Waals surface area (Å²) in [6, 6.07) is 5.74. The van der Waals surface area contributed by atoms with Crippen LogP contribution in [0.3, 0.4) is 0 Å². The number of benzene rings is 1. The molecule has 1 heterocycles. The number of carbonyl (C=O) groups excluding carboxylic acids is 1. The van der Waals surface area contributed by atoms with E-state index in [9.17, 15) is 4.79 Å². The number of hydrogen-bond donors (Lipinski definition) is 3. The molecular weight excluding hydrogens is 407 g/mol. The fourth-order valence-corrected chi connectivity index (χ4v) is 2.18. The van der Waals surface area contributed by atoms with E-state index in [1.54, 1.807) is 13.1 Å². The van der Waals surface area contributed by atoms with E-state index in [1.807, 2.05) is 18.2 Å². The minimum Gasteiger partial charge on any atom is -0.492 e. The lowest BCUT2D eigenvalue weighted by molar-refractivity contribution is -0.116. The molecule has 6 nitrogen and oxygen atoms in total. The van der Waals surface area contributed by atoms with E-state index in [4.69, 9.17) is 4.74 Å². The number of guanidine groups is 1. The average molecular weight is 430 g/mol. The lowest BCUT2D eigenvalue weighted by Crippen LogP contribution is -2.39. The van der Waals surface area contributed by atoms with Gasteiger partial charge in [-0.25, -0.2) is 0 Å². The number of ether oxygens (including phenoxy) is 1. The van der Waals surface area contributed by atoms with E-state index in [1.165, 1.54) is 0 Å². The van der Waals surface area contributed by atoms with Crippen molar-refractivity contribution in [2.45, 2.75) is 12.8 Å². The second kappa shape index (κ2) is 10.1. The zero-order valence-electron chi connectivity index (χ0n) is 13.2. The minimum atomic E-state index is 0. The molecule has 1 aliphatic rings. The Hall–Kier alpha value is -1.77. The van der Waals surface area contributed by atoms with Crippen molar-refractivity contribution in [2.75, 3.05) is 32.1 Å². The first kappa shape index (κ1) is 19.3. The van der Waals surface area contributed by atoms with E-state index < -0.39 is 0 Å². The summed E-state index contributed by atoms with van der Waals surface area (Å²) in [7, 11) is 1.72. The van der Waals surface area contributed by atoms with Crippen molar-refractivity contribution in [2.24, 2.45) is 4.99 Å². The number of rotatable bonds is 6. The van der Waals surface area contributed by atoms with Crippen molar-refractivity contribution >= 4 is 41.5 Å². The molecule has 2 rings (SSSR count). The minimum absolute atomic E-state index is 0. The highest BCUT2D eigenvalue weighted by Gasteiger charge is 2.14. The predicted octanol–water partition coefficient (Wildman–Crippen LogP) is 1.92. The summed E-state index contributed by atoms with van der Waals surface area (Å²) < 4.78 is 5.72. The largest absolute Gasteiger partial charge is 0.492 e. The van der Waals surface area contributed by atoms with Crippen LogP contribution >= 0.6 is 24.0 Å². The summed E-state index contributed by atoms with van der Waals surface area (Å²) in [6.07, 6.45) is 3.06. The molecule has 7 heteroatoms. The van der Waals surface area contributed by atoms with Crippen LogP contribution in [0.25, 0.3) is 0 Å². The van der Waals surface area contributed by atoms with Gasteiger partial charge in [-0.1, -0.05) is 6.08 Å². The van der Waals surface area contributed by atoms with E-state index in [-0.39, 0.29) is 29.9 Å². The number of aryl methyl sites for hydroxylation is 1. The van der Waals surface area contributed by atoms with Crippen LogP contribution in [0.15, 0.2) is 35.8 Å². The van der Waals surface area contributed by atoms with Crippen molar-refractivity contribution in [1.29, 1.82) is 0 Å². The van der Waals surface area contributed by atoms with Gasteiger partial charge in [-0.05, 0) is 30.2 Å². The first-order chi connectivity index (χ1) is 10.7. The lowest BCUT2D eigenvalue weighted by Gasteiger charge is -2.18. The molecule has 0 fully saturated rings. The summed E-state index contributed by atoms with van der Waals surface area (Å²) in [4.78, 5) is 15.4. The summed E-state index contributed by atoms with van der Waals surface area (Å²) in [5, 5.41) is 9.10. The van der Waals surface area contributed by atoms with Crippen LogP contribution in [0.1, 0.15) is 12.0 Å². The molecule has 1 aromatic carbocycles. The number of hydrogen-bond acceptors (Lipinski definition) is 3. The second-order valence-electron chi connectivity index (χ2n) is 4.88. The molecule has 0 unspecified atom stereocenters. The van der Waals surface area contributed by atoms with Crippen molar-refractivity contribution in [3.8, 4) is 5.75 Å². The third kappa shape index (κ3) is 6.09. The highest BCUT2D eigenvalue weighted by atomic mass is 127. The topological polar surface area (TPSA) is 74.8 Å². The number of aliphatic imine (C=N–C) groups is 1. The maximum Gasteiger partial charge on any atom is 0.224 e. The third-order valence-electron chi connectivity index (χ3n) is 3.27. The Morgan fingerprint density at radius 2 is 2.26 bits per heavy atom. The normalized spacial score (nSPS) is 13.3. The van der Waals surface area contributed by atoms with Crippen molar-refractivity contribution < 1.29 is 9.53 Å². The van der Waals surface area contributed by atoms with Crippen molar-refractivity contribution in [3.05, 3.63) is 36.4 Å². The Balaban J connectivity index is 0.00000264. The number of fused-ring (bicyclic) bond motifs is 1. The molecule has 1 aromatic rings. The van der Waals surface area contributed by atoms with Gasteiger partial charge in [-0.15, -0.1) is 30.6 Å². The molecule has 23 heavy (non-hydrogen) atoms. The standard InChI is InChI=1S/C16H22N4O2.HI/c1-3-8-18-16(17-2)19-9-10-22-13-5-6-14-12(11-13)4-7-15(21)20-14;/h3,5-6,11H,1,4,7-10H2,2H3,(H,20,21)(H2,17,18,19);1H. The molecule has 0 bridgehead atoms. The number of halogens is 1. The Kier molecular flexibility index (Phi) is 8.46. The number of nitrogens with one attached hydrogen (secondary N) is 3. The Bertz CT molecular complexity index is 575. The van der Waals surface area contributed by atoms with E-state index in [0.717, 1.165) is 29.4 Å². The lowest BCUT2D eigenvalue weighted by atomic mass is 10.0. The van der Waals surface area contributed by atoms with Gasteiger partial charge < -0.3 is 20.7 Å². The van der Waals surface area contributed by atoms with Crippen LogP contribution in [-0.2, 0) is 11.2 Å². The first-order valence-corrected chi connectivity index (χ1v) is 7.34. The van der Waals surface area contributed by atoms with E-state index in [2.05, 4.69) is 27.5 Å². The van der Waals surface area contributed by atoms with Gasteiger partial charge in [0.15, 0.2) is 5.96 Å². The second-order valence-corrected chi connectivity index (χ2v) is 4.88. The SMILES string of the molecule is C=CCNC(=NC)NCCOc1ccc2c(c1)CCC(=O)N2.I. The van der Waals surface area contributed by atoms with Crippen LogP contribution in [-0.4, -0.2) is 38.6 Å². The molecule has 3 N–H and O–H groups in total. The summed E-state index contributed by atoms with van der Waals surface area (Å²) >= 11 is 0. The van der Waals surface area contributed by atoms with E-state index >= 15 is 0 Å². The smallest absolute Gasteiger partial charge is 0.224 e. The molecule has 0 spiro atoms. The van der Waals surface area contributed by atoms with Gasteiger partial charge in [-0.3, -0.25) is 9.79 Å². The molecule has 0 saturated heterocycles. The third-order valence-corrected chi connectivity index (χ3v) is 3.27. The molecule has 1 aliphatic heterocycles. The summed E-state index contributed by atoms with van der Waals surface area (Å²) in [5.74, 6) is 1.60. The molecule has 0 aliphatic carbocycles. The summed E-state index contributed by atoms with van der Waals surface area (Å²) in [5.41, 5.74) is 2.00. The van der Waals surface area contributed by atoms with Gasteiger partial charge in [0.1, 0.15) is 12.4 Å². The average Bonchev–Trinajstić information content (AvgIpc) is 2.54. The fraction of sp³-hybridized carbons (Fsp3) is 0.375. The van der Waals surface area contributed by atoms with Gasteiger partial charge in [0.05, 0.1) is 6.54 Å². The Morgan fingerprint density at radius 1 is 1.43 bits per heavy atom. The van der Waals surface area contributed by atoms with Crippen LogP contribution in [0, 0.1) is 0 Å². The molecule has 0 radical (unpaired) electrons. The quantitative estimate of drug-likeness (QED) is 0.212. The maximum atomic E-state index is 11.3. The zero-order chi connectivity index (χ0) is 15.8. The van der Waals surface area contributed by atoms with Gasteiger partial charge in [0.2, 0.25) is 5.91 Å². The highest BCUT2D eigenvalue weighted by molar-refractivity contribution is 14.0. The number of anilines is 1. The van der Waals surface area contributed by atoms with Gasteiger partial charge in [0.25, 0.3) is 0 Å². The van der Waals surface area contributed by atoms with E-state index in [0.29, 0.717) is 26.1 Å². The number of nitrogens with zero attached hydrogens (tertiary/aromatic N) is 1. The fourth-order valence-electron chi connectivity index (χ4n) is 2.18. The molecule has 0 aromatic heterocycles. The molecule has 0 atom stereocenters.